The van der Waals surface area contributed by atoms with Crippen LogP contribution in [0.2, 0.25) is 0 Å². The molecule has 29 heavy (non-hydrogen) atoms. The average molecular weight is 465 g/mol. The molecular weight excluding hydrogens is 443 g/mol. The SMILES string of the molecule is COC(=O)c1ccc(NC(=O)Cc2ccc(Br)cc2F)c(NCC2(CO)CC2)c1. The maximum atomic E-state index is 14.0. The van der Waals surface area contributed by atoms with Crippen LogP contribution in [0.1, 0.15) is 28.8 Å². The summed E-state index contributed by atoms with van der Waals surface area (Å²) in [5.74, 6) is -1.35. The van der Waals surface area contributed by atoms with Crippen molar-refractivity contribution in [2.24, 2.45) is 5.41 Å². The Morgan fingerprint density at radius 1 is 1.21 bits per heavy atom. The molecule has 1 saturated carbocycles. The highest BCUT2D eigenvalue weighted by atomic mass is 79.9. The zero-order valence-corrected chi connectivity index (χ0v) is 17.5. The molecule has 1 aliphatic carbocycles. The summed E-state index contributed by atoms with van der Waals surface area (Å²) in [6.07, 6.45) is 1.70. The molecule has 0 atom stereocenters. The van der Waals surface area contributed by atoms with Crippen LogP contribution in [0.15, 0.2) is 40.9 Å². The zero-order valence-electron chi connectivity index (χ0n) is 15.9. The van der Waals surface area contributed by atoms with Crippen LogP contribution in [0.5, 0.6) is 0 Å². The van der Waals surface area contributed by atoms with Gasteiger partial charge in [-0.05, 0) is 48.7 Å². The van der Waals surface area contributed by atoms with E-state index in [-0.39, 0.29) is 29.9 Å². The number of hydrogen-bond acceptors (Lipinski definition) is 5. The number of carbonyl (C=O) groups is 2. The predicted octanol–water partition coefficient (Wildman–Crippen LogP) is 3.74. The first-order valence-corrected chi connectivity index (χ1v) is 9.96. The Morgan fingerprint density at radius 2 is 1.97 bits per heavy atom. The molecule has 2 aromatic rings. The second-order valence-corrected chi connectivity index (χ2v) is 8.14. The Hall–Kier alpha value is -2.45. The number of benzene rings is 2. The highest BCUT2D eigenvalue weighted by Gasteiger charge is 2.41. The van der Waals surface area contributed by atoms with E-state index >= 15 is 0 Å². The number of ether oxygens (including phenoxy) is 1. The van der Waals surface area contributed by atoms with Crippen molar-refractivity contribution in [3.8, 4) is 0 Å². The molecule has 0 heterocycles. The van der Waals surface area contributed by atoms with Crippen molar-refractivity contribution in [3.05, 3.63) is 57.8 Å². The molecule has 8 heteroatoms. The van der Waals surface area contributed by atoms with Gasteiger partial charge in [0.1, 0.15) is 5.82 Å². The molecule has 6 nitrogen and oxygen atoms in total. The molecule has 0 unspecified atom stereocenters. The number of aliphatic hydroxyl groups excluding tert-OH is 1. The Bertz CT molecular complexity index is 931. The number of nitrogens with one attached hydrogen (secondary N) is 2. The number of amides is 1. The molecule has 3 rings (SSSR count). The molecule has 0 saturated heterocycles. The van der Waals surface area contributed by atoms with Crippen molar-refractivity contribution in [1.29, 1.82) is 0 Å². The number of aliphatic hydroxyl groups is 1. The second kappa shape index (κ2) is 8.92. The summed E-state index contributed by atoms with van der Waals surface area (Å²) >= 11 is 3.19. The number of carbonyl (C=O) groups excluding carboxylic acids is 2. The molecule has 0 bridgehead atoms. The normalized spacial score (nSPS) is 14.2. The smallest absolute Gasteiger partial charge is 0.337 e. The van der Waals surface area contributed by atoms with Crippen LogP contribution >= 0.6 is 15.9 Å². The standard InChI is InChI=1S/C21H22BrFN2O4/c1-29-20(28)14-3-5-17(18(8-14)24-11-21(12-26)6-7-21)25-19(27)9-13-2-4-15(22)10-16(13)23/h2-5,8,10,24,26H,6-7,9,11-12H2,1H3,(H,25,27). The first-order valence-electron chi connectivity index (χ1n) is 9.17. The summed E-state index contributed by atoms with van der Waals surface area (Å²) in [7, 11) is 1.29. The Kier molecular flexibility index (Phi) is 6.54. The summed E-state index contributed by atoms with van der Waals surface area (Å²) in [6.45, 7) is 0.583. The Labute approximate surface area is 176 Å². The van der Waals surface area contributed by atoms with Crippen LogP contribution < -0.4 is 10.6 Å². The first-order chi connectivity index (χ1) is 13.9. The lowest BCUT2D eigenvalue weighted by Gasteiger charge is -2.18. The number of halogens is 2. The van der Waals surface area contributed by atoms with Crippen molar-refractivity contribution in [2.75, 3.05) is 30.9 Å². The van der Waals surface area contributed by atoms with Crippen LogP contribution in [-0.2, 0) is 16.0 Å². The zero-order chi connectivity index (χ0) is 21.0. The maximum Gasteiger partial charge on any atom is 0.337 e. The van der Waals surface area contributed by atoms with Gasteiger partial charge in [0.05, 0.1) is 37.1 Å². The molecule has 2 aromatic carbocycles. The van der Waals surface area contributed by atoms with Gasteiger partial charge >= 0.3 is 5.97 Å². The second-order valence-electron chi connectivity index (χ2n) is 7.22. The van der Waals surface area contributed by atoms with E-state index < -0.39 is 11.8 Å². The van der Waals surface area contributed by atoms with Gasteiger partial charge in [-0.15, -0.1) is 0 Å². The van der Waals surface area contributed by atoms with Crippen molar-refractivity contribution < 1.29 is 23.8 Å². The van der Waals surface area contributed by atoms with E-state index in [2.05, 4.69) is 26.6 Å². The van der Waals surface area contributed by atoms with E-state index in [1.54, 1.807) is 30.3 Å². The quantitative estimate of drug-likeness (QED) is 0.517. The first kappa shape index (κ1) is 21.3. The molecule has 0 spiro atoms. The Morgan fingerprint density at radius 3 is 2.59 bits per heavy atom. The van der Waals surface area contributed by atoms with Crippen LogP contribution in [0, 0.1) is 11.2 Å². The van der Waals surface area contributed by atoms with Gasteiger partial charge in [0.25, 0.3) is 0 Å². The van der Waals surface area contributed by atoms with Gasteiger partial charge in [0.15, 0.2) is 0 Å². The minimum absolute atomic E-state index is 0.0707. The number of hydrogen-bond donors (Lipinski definition) is 3. The van der Waals surface area contributed by atoms with Crippen molar-refractivity contribution >= 4 is 39.2 Å². The molecule has 1 amide bonds. The van der Waals surface area contributed by atoms with Crippen molar-refractivity contribution in [1.82, 2.24) is 0 Å². The lowest BCUT2D eigenvalue weighted by atomic mass is 10.1. The van der Waals surface area contributed by atoms with Crippen LogP contribution in [0.25, 0.3) is 0 Å². The van der Waals surface area contributed by atoms with Gasteiger partial charge in [0.2, 0.25) is 5.91 Å². The minimum Gasteiger partial charge on any atom is -0.465 e. The van der Waals surface area contributed by atoms with Crippen molar-refractivity contribution in [2.45, 2.75) is 19.3 Å². The number of anilines is 2. The molecule has 1 fully saturated rings. The third-order valence-electron chi connectivity index (χ3n) is 5.03. The van der Waals surface area contributed by atoms with Gasteiger partial charge in [-0.3, -0.25) is 4.79 Å². The van der Waals surface area contributed by atoms with Gasteiger partial charge in [-0.2, -0.15) is 0 Å². The fourth-order valence-electron chi connectivity index (χ4n) is 2.93. The third kappa shape index (κ3) is 5.33. The fourth-order valence-corrected chi connectivity index (χ4v) is 3.26. The van der Waals surface area contributed by atoms with E-state index in [1.165, 1.54) is 13.2 Å². The van der Waals surface area contributed by atoms with Crippen LogP contribution in [0.3, 0.4) is 0 Å². The van der Waals surface area contributed by atoms with Gasteiger partial charge < -0.3 is 20.5 Å². The average Bonchev–Trinajstić information content (AvgIpc) is 3.49. The highest BCUT2D eigenvalue weighted by molar-refractivity contribution is 9.10. The molecule has 0 aliphatic heterocycles. The van der Waals surface area contributed by atoms with Crippen molar-refractivity contribution in [3.63, 3.8) is 0 Å². The van der Waals surface area contributed by atoms with Gasteiger partial charge in [-0.25, -0.2) is 9.18 Å². The maximum absolute atomic E-state index is 14.0. The number of methoxy groups -OCH3 is 1. The van der Waals surface area contributed by atoms with Crippen LogP contribution in [-0.4, -0.2) is 37.2 Å². The third-order valence-corrected chi connectivity index (χ3v) is 5.52. The van der Waals surface area contributed by atoms with E-state index in [9.17, 15) is 19.1 Å². The fraction of sp³-hybridized carbons (Fsp3) is 0.333. The minimum atomic E-state index is -0.494. The topological polar surface area (TPSA) is 87.7 Å². The largest absolute Gasteiger partial charge is 0.465 e. The summed E-state index contributed by atoms with van der Waals surface area (Å²) in [4.78, 5) is 24.3. The van der Waals surface area contributed by atoms with E-state index in [0.717, 1.165) is 12.8 Å². The summed E-state index contributed by atoms with van der Waals surface area (Å²) in [5, 5.41) is 15.5. The molecule has 0 radical (unpaired) electrons. The highest BCUT2D eigenvalue weighted by Crippen LogP contribution is 2.45. The van der Waals surface area contributed by atoms with Gasteiger partial charge in [-0.1, -0.05) is 22.0 Å². The molecule has 3 N–H and O–H groups in total. The molecule has 1 aliphatic rings. The van der Waals surface area contributed by atoms with E-state index in [0.29, 0.717) is 28.0 Å². The summed E-state index contributed by atoms with van der Waals surface area (Å²) < 4.78 is 19.4. The predicted molar refractivity (Wildman–Crippen MR) is 111 cm³/mol. The lowest BCUT2D eigenvalue weighted by Crippen LogP contribution is -2.21. The lowest BCUT2D eigenvalue weighted by molar-refractivity contribution is -0.115. The van der Waals surface area contributed by atoms with Gasteiger partial charge in [0, 0.05) is 16.4 Å². The summed E-state index contributed by atoms with van der Waals surface area (Å²) in [5.41, 5.74) is 1.46. The van der Waals surface area contributed by atoms with E-state index in [1.807, 2.05) is 0 Å². The van der Waals surface area contributed by atoms with E-state index in [4.69, 9.17) is 4.74 Å². The Balaban J connectivity index is 1.77. The number of esters is 1. The molecular formula is C21H22BrFN2O4. The molecule has 154 valence electrons. The summed E-state index contributed by atoms with van der Waals surface area (Å²) in [6, 6.07) is 9.28. The molecule has 0 aromatic heterocycles. The monoisotopic (exact) mass is 464 g/mol. The van der Waals surface area contributed by atoms with Crippen LogP contribution in [0.4, 0.5) is 15.8 Å². The number of rotatable bonds is 8.